The molecule has 288 valence electrons. The van der Waals surface area contributed by atoms with E-state index < -0.39 is 60.4 Å². The molecule has 0 bridgehead atoms. The number of ether oxygens (including phenoxy) is 1. The number of pyridine rings is 1. The number of amides is 4. The molecular weight excluding hydrogens is 674 g/mol. The predicted octanol–water partition coefficient (Wildman–Crippen LogP) is 4.03. The van der Waals surface area contributed by atoms with Crippen LogP contribution < -0.4 is 26.0 Å². The van der Waals surface area contributed by atoms with Crippen LogP contribution in [0.25, 0.3) is 10.8 Å². The van der Waals surface area contributed by atoms with Crippen molar-refractivity contribution in [2.24, 2.45) is 23.7 Å². The molecule has 1 fully saturated rings. The van der Waals surface area contributed by atoms with Gasteiger partial charge in [0.15, 0.2) is 6.61 Å². The number of hydrogen-bond donors (Lipinski definition) is 6. The van der Waals surface area contributed by atoms with Gasteiger partial charge in [-0.1, -0.05) is 102 Å². The largest absolute Gasteiger partial charge is 0.483 e. The Kier molecular flexibility index (Phi) is 16.0. The van der Waals surface area contributed by atoms with Gasteiger partial charge in [0.1, 0.15) is 17.8 Å². The summed E-state index contributed by atoms with van der Waals surface area (Å²) in [5.41, 5.74) is 0.631. The number of fused-ring (bicyclic) bond motifs is 1. The van der Waals surface area contributed by atoms with Crippen LogP contribution in [0.5, 0.6) is 5.75 Å². The van der Waals surface area contributed by atoms with E-state index in [1.165, 1.54) is 0 Å². The molecule has 12 nitrogen and oxygen atoms in total. The van der Waals surface area contributed by atoms with E-state index in [1.54, 1.807) is 30.5 Å². The monoisotopic (exact) mass is 731 g/mol. The molecule has 0 radical (unpaired) electrons. The summed E-state index contributed by atoms with van der Waals surface area (Å²) in [6, 6.07) is 15.9. The molecule has 1 aliphatic carbocycles. The number of nitrogens with one attached hydrogen (secondary N) is 4. The van der Waals surface area contributed by atoms with E-state index in [2.05, 4.69) is 26.3 Å². The van der Waals surface area contributed by atoms with Crippen LogP contribution in [-0.2, 0) is 25.7 Å². The standard InChI is InChI=1S/C41H57N5O7/c1-26(2)32(39(50)45-34(24-47)40(51)43-23-30-17-10-11-20-42-30)22-35(48)33(21-28-13-6-5-7-14-28)44-41(52)38(27(3)4)46-37(49)25-53-36-19-12-16-29-15-8-9-18-31(29)36/h8-12,15-20,26-28,32-35,38,47-48H,5-7,13-14,21-25H2,1-4H3,(H,43,51)(H,44,52)(H,45,50)(H,46,49)/t32-,33?,34-,35-,38-/m0/s1. The van der Waals surface area contributed by atoms with Gasteiger partial charge in [0.05, 0.1) is 31.0 Å². The Balaban J connectivity index is 1.41. The molecule has 12 heteroatoms. The molecule has 5 atom stereocenters. The second-order valence-corrected chi connectivity index (χ2v) is 14.8. The molecule has 3 aromatic rings. The van der Waals surface area contributed by atoms with Crippen molar-refractivity contribution in [2.45, 2.75) is 103 Å². The van der Waals surface area contributed by atoms with Gasteiger partial charge in [-0.25, -0.2) is 0 Å². The van der Waals surface area contributed by atoms with E-state index in [0.29, 0.717) is 17.9 Å². The summed E-state index contributed by atoms with van der Waals surface area (Å²) in [5, 5.41) is 34.8. The topological polar surface area (TPSA) is 179 Å². The Morgan fingerprint density at radius 2 is 1.55 bits per heavy atom. The summed E-state index contributed by atoms with van der Waals surface area (Å²) in [4.78, 5) is 57.6. The van der Waals surface area contributed by atoms with Gasteiger partial charge in [0, 0.05) is 17.5 Å². The van der Waals surface area contributed by atoms with E-state index >= 15 is 0 Å². The normalized spacial score (nSPS) is 16.3. The van der Waals surface area contributed by atoms with Gasteiger partial charge in [-0.3, -0.25) is 24.2 Å². The summed E-state index contributed by atoms with van der Waals surface area (Å²) < 4.78 is 5.87. The van der Waals surface area contributed by atoms with Crippen molar-refractivity contribution >= 4 is 34.4 Å². The number of aromatic nitrogens is 1. The van der Waals surface area contributed by atoms with Gasteiger partial charge < -0.3 is 36.2 Å². The van der Waals surface area contributed by atoms with Gasteiger partial charge >= 0.3 is 0 Å². The van der Waals surface area contributed by atoms with E-state index in [-0.39, 0.29) is 37.3 Å². The zero-order valence-electron chi connectivity index (χ0n) is 31.4. The Labute approximate surface area is 312 Å². The average Bonchev–Trinajstić information content (AvgIpc) is 3.16. The lowest BCUT2D eigenvalue weighted by molar-refractivity contribution is -0.134. The lowest BCUT2D eigenvalue weighted by Gasteiger charge is -2.34. The van der Waals surface area contributed by atoms with Crippen molar-refractivity contribution in [1.29, 1.82) is 0 Å². The van der Waals surface area contributed by atoms with Crippen LogP contribution in [0.15, 0.2) is 66.9 Å². The fourth-order valence-corrected chi connectivity index (χ4v) is 6.96. The molecule has 0 aliphatic heterocycles. The number of carbonyl (C=O) groups excluding carboxylic acids is 4. The fraction of sp³-hybridized carbons (Fsp3) is 0.537. The fourth-order valence-electron chi connectivity index (χ4n) is 6.96. The van der Waals surface area contributed by atoms with Gasteiger partial charge in [-0.2, -0.15) is 0 Å². The Hall–Kier alpha value is -4.55. The zero-order valence-corrected chi connectivity index (χ0v) is 31.4. The number of benzene rings is 2. The molecule has 53 heavy (non-hydrogen) atoms. The summed E-state index contributed by atoms with van der Waals surface area (Å²) in [7, 11) is 0. The molecule has 1 aromatic heterocycles. The third-order valence-corrected chi connectivity index (χ3v) is 10.1. The third-order valence-electron chi connectivity index (χ3n) is 10.1. The van der Waals surface area contributed by atoms with Gasteiger partial charge in [-0.15, -0.1) is 0 Å². The number of carbonyl (C=O) groups is 4. The SMILES string of the molecule is CC(C)[C@H](C[C@H](O)C(CC1CCCCC1)NC(=O)[C@@H](NC(=O)COc1cccc2ccccc12)C(C)C)C(=O)N[C@@H](CO)C(=O)NCc1ccccn1. The highest BCUT2D eigenvalue weighted by Gasteiger charge is 2.35. The molecule has 1 saturated carbocycles. The van der Waals surface area contributed by atoms with Crippen LogP contribution in [0.1, 0.15) is 78.3 Å². The van der Waals surface area contributed by atoms with Gasteiger partial charge in [0.2, 0.25) is 17.7 Å². The van der Waals surface area contributed by atoms with Crippen molar-refractivity contribution in [1.82, 2.24) is 26.3 Å². The van der Waals surface area contributed by atoms with Crippen molar-refractivity contribution in [3.05, 3.63) is 72.6 Å². The van der Waals surface area contributed by atoms with Crippen molar-refractivity contribution in [3.8, 4) is 5.75 Å². The first-order valence-electron chi connectivity index (χ1n) is 18.9. The van der Waals surface area contributed by atoms with E-state index in [4.69, 9.17) is 4.74 Å². The molecule has 1 heterocycles. The number of aliphatic hydroxyl groups excluding tert-OH is 2. The molecule has 2 aromatic carbocycles. The molecule has 6 N–H and O–H groups in total. The van der Waals surface area contributed by atoms with E-state index in [0.717, 1.165) is 42.9 Å². The number of hydrogen-bond acceptors (Lipinski definition) is 8. The summed E-state index contributed by atoms with van der Waals surface area (Å²) in [6.07, 6.45) is 6.32. The molecule has 1 unspecified atom stereocenters. The van der Waals surface area contributed by atoms with E-state index in [9.17, 15) is 29.4 Å². The van der Waals surface area contributed by atoms with Crippen LogP contribution in [-0.4, -0.2) is 76.3 Å². The lowest BCUT2D eigenvalue weighted by Crippen LogP contribution is -2.56. The van der Waals surface area contributed by atoms with E-state index in [1.807, 2.05) is 64.1 Å². The molecule has 0 spiro atoms. The maximum absolute atomic E-state index is 13.9. The first-order valence-corrected chi connectivity index (χ1v) is 18.9. The van der Waals surface area contributed by atoms with Crippen LogP contribution >= 0.6 is 0 Å². The first kappa shape index (κ1) is 41.2. The average molecular weight is 732 g/mol. The molecule has 4 rings (SSSR count). The molecule has 4 amide bonds. The Morgan fingerprint density at radius 3 is 2.23 bits per heavy atom. The minimum Gasteiger partial charge on any atom is -0.483 e. The van der Waals surface area contributed by atoms with Gasteiger partial charge in [0.25, 0.3) is 5.91 Å². The maximum Gasteiger partial charge on any atom is 0.258 e. The summed E-state index contributed by atoms with van der Waals surface area (Å²) >= 11 is 0. The minimum atomic E-state index is -1.19. The third kappa shape index (κ3) is 12.5. The van der Waals surface area contributed by atoms with Crippen LogP contribution in [0.4, 0.5) is 0 Å². The lowest BCUT2D eigenvalue weighted by atomic mass is 9.81. The zero-order chi connectivity index (χ0) is 38.3. The summed E-state index contributed by atoms with van der Waals surface area (Å²) in [6.45, 7) is 6.63. The highest BCUT2D eigenvalue weighted by molar-refractivity contribution is 5.91. The Bertz CT molecular complexity index is 1620. The highest BCUT2D eigenvalue weighted by atomic mass is 16.5. The summed E-state index contributed by atoms with van der Waals surface area (Å²) in [5.74, 6) is -2.26. The van der Waals surface area contributed by atoms with Crippen LogP contribution in [0, 0.1) is 23.7 Å². The van der Waals surface area contributed by atoms with Crippen molar-refractivity contribution in [3.63, 3.8) is 0 Å². The quantitative estimate of drug-likeness (QED) is 0.107. The van der Waals surface area contributed by atoms with Crippen LogP contribution in [0.2, 0.25) is 0 Å². The molecular formula is C41H57N5O7. The first-order chi connectivity index (χ1) is 25.5. The van der Waals surface area contributed by atoms with Gasteiger partial charge in [-0.05, 0) is 54.2 Å². The number of nitrogens with zero attached hydrogens (tertiary/aromatic N) is 1. The second-order valence-electron chi connectivity index (χ2n) is 14.8. The predicted molar refractivity (Wildman–Crippen MR) is 203 cm³/mol. The van der Waals surface area contributed by atoms with Crippen LogP contribution in [0.3, 0.4) is 0 Å². The number of aliphatic hydroxyl groups is 2. The van der Waals surface area contributed by atoms with Crippen molar-refractivity contribution in [2.75, 3.05) is 13.2 Å². The number of rotatable bonds is 19. The molecule has 1 aliphatic rings. The highest BCUT2D eigenvalue weighted by Crippen LogP contribution is 2.30. The molecule has 0 saturated heterocycles. The van der Waals surface area contributed by atoms with Crippen molar-refractivity contribution < 1.29 is 34.1 Å². The Morgan fingerprint density at radius 1 is 0.830 bits per heavy atom. The minimum absolute atomic E-state index is 0.0203. The second kappa shape index (κ2) is 20.6. The maximum atomic E-state index is 13.9. The smallest absolute Gasteiger partial charge is 0.258 e.